The van der Waals surface area contributed by atoms with Gasteiger partial charge >= 0.3 is 0 Å². The van der Waals surface area contributed by atoms with Gasteiger partial charge in [-0.2, -0.15) is 0 Å². The second-order valence-electron chi connectivity index (χ2n) is 5.44. The highest BCUT2D eigenvalue weighted by molar-refractivity contribution is 5.85. The van der Waals surface area contributed by atoms with Crippen LogP contribution in [0.1, 0.15) is 33.1 Å². The van der Waals surface area contributed by atoms with Gasteiger partial charge in [0.1, 0.15) is 5.84 Å². The predicted molar refractivity (Wildman–Crippen MR) is 68.3 cm³/mol. The van der Waals surface area contributed by atoms with E-state index in [-0.39, 0.29) is 5.41 Å². The van der Waals surface area contributed by atoms with E-state index < -0.39 is 0 Å². The van der Waals surface area contributed by atoms with Crippen LogP contribution in [0.15, 0.2) is 5.16 Å². The molecule has 0 radical (unpaired) electrons. The first-order valence-corrected chi connectivity index (χ1v) is 6.23. The van der Waals surface area contributed by atoms with Crippen molar-refractivity contribution in [1.29, 1.82) is 0 Å². The van der Waals surface area contributed by atoms with Crippen LogP contribution in [-0.2, 0) is 4.74 Å². The maximum Gasteiger partial charge on any atom is 0.144 e. The van der Waals surface area contributed by atoms with Crippen molar-refractivity contribution in [2.24, 2.45) is 16.3 Å². The Labute approximate surface area is 104 Å². The number of hydrogen-bond donors (Lipinski definition) is 2. The maximum atomic E-state index is 8.72. The molecule has 100 valence electrons. The number of ether oxygens (including phenoxy) is 1. The first kappa shape index (κ1) is 14.3. The summed E-state index contributed by atoms with van der Waals surface area (Å²) >= 11 is 0. The minimum atomic E-state index is -0.256. The number of oxime groups is 1. The molecule has 0 saturated carbocycles. The summed E-state index contributed by atoms with van der Waals surface area (Å²) in [6.45, 7) is 6.67. The molecular formula is C12H25N3O2. The number of hydrogen-bond acceptors (Lipinski definition) is 4. The molecule has 1 aliphatic heterocycles. The highest BCUT2D eigenvalue weighted by Crippen LogP contribution is 2.22. The van der Waals surface area contributed by atoms with Crippen molar-refractivity contribution in [1.82, 2.24) is 4.90 Å². The number of rotatable bonds is 5. The van der Waals surface area contributed by atoms with E-state index in [1.165, 1.54) is 0 Å². The molecule has 1 rings (SSSR count). The Kier molecular flexibility index (Phi) is 5.21. The second kappa shape index (κ2) is 6.21. The molecule has 5 heteroatoms. The van der Waals surface area contributed by atoms with Crippen molar-refractivity contribution < 1.29 is 9.94 Å². The molecule has 0 amide bonds. The summed E-state index contributed by atoms with van der Waals surface area (Å²) in [6, 6.07) is 0.604. The Balaban J connectivity index is 2.38. The Hall–Kier alpha value is -0.810. The lowest BCUT2D eigenvalue weighted by Gasteiger charge is -2.33. The first-order valence-electron chi connectivity index (χ1n) is 6.23. The lowest BCUT2D eigenvalue weighted by atomic mass is 9.87. The third-order valence-corrected chi connectivity index (χ3v) is 3.70. The van der Waals surface area contributed by atoms with Gasteiger partial charge in [0.2, 0.25) is 0 Å². The zero-order valence-electron chi connectivity index (χ0n) is 11.1. The van der Waals surface area contributed by atoms with Gasteiger partial charge < -0.3 is 20.6 Å². The molecule has 1 saturated heterocycles. The average molecular weight is 243 g/mol. The molecule has 0 atom stereocenters. The summed E-state index contributed by atoms with van der Waals surface area (Å²) in [5, 5.41) is 11.8. The second-order valence-corrected chi connectivity index (χ2v) is 5.44. The number of nitrogens with zero attached hydrogens (tertiary/aromatic N) is 2. The molecule has 0 aromatic carbocycles. The summed E-state index contributed by atoms with van der Waals surface area (Å²) in [5.74, 6) is 0.304. The first-order chi connectivity index (χ1) is 7.97. The monoisotopic (exact) mass is 243 g/mol. The summed E-state index contributed by atoms with van der Waals surface area (Å²) < 4.78 is 5.35. The van der Waals surface area contributed by atoms with Crippen LogP contribution < -0.4 is 5.73 Å². The molecular weight excluding hydrogens is 218 g/mol. The fourth-order valence-corrected chi connectivity index (χ4v) is 2.03. The van der Waals surface area contributed by atoms with Crippen LogP contribution in [-0.4, -0.2) is 48.8 Å². The molecule has 0 aromatic rings. The Bertz CT molecular complexity index is 260. The van der Waals surface area contributed by atoms with Gasteiger partial charge in [-0.3, -0.25) is 0 Å². The van der Waals surface area contributed by atoms with E-state index in [0.717, 1.165) is 39.0 Å². The van der Waals surface area contributed by atoms with E-state index in [9.17, 15) is 0 Å². The van der Waals surface area contributed by atoms with Gasteiger partial charge in [-0.15, -0.1) is 0 Å². The smallest absolute Gasteiger partial charge is 0.144 e. The standard InChI is InChI=1S/C12H25N3O2/c1-12(2,11(13)14-16)6-7-15(3)10-4-8-17-9-5-10/h10,16H,4-9H2,1-3H3,(H2,13,14). The van der Waals surface area contributed by atoms with E-state index >= 15 is 0 Å². The van der Waals surface area contributed by atoms with Gasteiger partial charge in [0.05, 0.1) is 0 Å². The van der Waals surface area contributed by atoms with E-state index in [1.54, 1.807) is 0 Å². The third kappa shape index (κ3) is 4.16. The van der Waals surface area contributed by atoms with E-state index in [0.29, 0.717) is 11.9 Å². The molecule has 3 N–H and O–H groups in total. The topological polar surface area (TPSA) is 71.1 Å². The average Bonchev–Trinajstić information content (AvgIpc) is 2.36. The fraction of sp³-hybridized carbons (Fsp3) is 0.917. The van der Waals surface area contributed by atoms with Crippen molar-refractivity contribution in [2.45, 2.75) is 39.2 Å². The third-order valence-electron chi connectivity index (χ3n) is 3.70. The number of amidine groups is 1. The van der Waals surface area contributed by atoms with Gasteiger partial charge in [0, 0.05) is 24.7 Å². The van der Waals surface area contributed by atoms with Gasteiger partial charge in [-0.25, -0.2) is 0 Å². The predicted octanol–water partition coefficient (Wildman–Crippen LogP) is 1.26. The molecule has 0 bridgehead atoms. The van der Waals surface area contributed by atoms with Crippen LogP contribution >= 0.6 is 0 Å². The highest BCUT2D eigenvalue weighted by Gasteiger charge is 2.26. The lowest BCUT2D eigenvalue weighted by Crippen LogP contribution is -2.40. The molecule has 0 spiro atoms. The Morgan fingerprint density at radius 2 is 2.06 bits per heavy atom. The van der Waals surface area contributed by atoms with Gasteiger partial charge in [-0.05, 0) is 32.9 Å². The molecule has 1 fully saturated rings. The van der Waals surface area contributed by atoms with Crippen molar-refractivity contribution >= 4 is 5.84 Å². The zero-order chi connectivity index (χ0) is 12.9. The summed E-state index contributed by atoms with van der Waals surface area (Å²) in [4.78, 5) is 2.36. The molecule has 1 heterocycles. The maximum absolute atomic E-state index is 8.72. The summed E-state index contributed by atoms with van der Waals surface area (Å²) in [6.07, 6.45) is 3.08. The zero-order valence-corrected chi connectivity index (χ0v) is 11.1. The van der Waals surface area contributed by atoms with Crippen molar-refractivity contribution in [2.75, 3.05) is 26.8 Å². The van der Waals surface area contributed by atoms with E-state index in [2.05, 4.69) is 17.1 Å². The Morgan fingerprint density at radius 1 is 1.47 bits per heavy atom. The van der Waals surface area contributed by atoms with E-state index in [4.69, 9.17) is 15.7 Å². The Morgan fingerprint density at radius 3 is 2.59 bits per heavy atom. The summed E-state index contributed by atoms with van der Waals surface area (Å²) in [5.41, 5.74) is 5.42. The summed E-state index contributed by atoms with van der Waals surface area (Å²) in [7, 11) is 2.14. The van der Waals surface area contributed by atoms with Crippen molar-refractivity contribution in [3.05, 3.63) is 0 Å². The van der Waals surface area contributed by atoms with Crippen LogP contribution in [0.2, 0.25) is 0 Å². The van der Waals surface area contributed by atoms with Crippen LogP contribution in [0.3, 0.4) is 0 Å². The van der Waals surface area contributed by atoms with Gasteiger partial charge in [0.15, 0.2) is 0 Å². The van der Waals surface area contributed by atoms with Gasteiger partial charge in [0.25, 0.3) is 0 Å². The van der Waals surface area contributed by atoms with Crippen LogP contribution in [0.4, 0.5) is 0 Å². The molecule has 5 nitrogen and oxygen atoms in total. The van der Waals surface area contributed by atoms with Crippen LogP contribution in [0, 0.1) is 5.41 Å². The minimum Gasteiger partial charge on any atom is -0.409 e. The van der Waals surface area contributed by atoms with Crippen LogP contribution in [0.25, 0.3) is 0 Å². The molecule has 1 aliphatic rings. The number of nitrogens with two attached hydrogens (primary N) is 1. The van der Waals surface area contributed by atoms with Gasteiger partial charge in [-0.1, -0.05) is 19.0 Å². The SMILES string of the molecule is CN(CCC(C)(C)C(N)=NO)C1CCOCC1. The molecule has 0 unspecified atom stereocenters. The van der Waals surface area contributed by atoms with Crippen LogP contribution in [0.5, 0.6) is 0 Å². The molecule has 0 aliphatic carbocycles. The minimum absolute atomic E-state index is 0.256. The fourth-order valence-electron chi connectivity index (χ4n) is 2.03. The highest BCUT2D eigenvalue weighted by atomic mass is 16.5. The quantitative estimate of drug-likeness (QED) is 0.330. The lowest BCUT2D eigenvalue weighted by molar-refractivity contribution is 0.0410. The normalized spacial score (nSPS) is 19.9. The largest absolute Gasteiger partial charge is 0.409 e. The van der Waals surface area contributed by atoms with Crippen molar-refractivity contribution in [3.63, 3.8) is 0 Å². The van der Waals surface area contributed by atoms with Crippen molar-refractivity contribution in [3.8, 4) is 0 Å². The molecule has 17 heavy (non-hydrogen) atoms. The molecule has 0 aromatic heterocycles. The van der Waals surface area contributed by atoms with E-state index in [1.807, 2.05) is 13.8 Å².